The molecule has 0 radical (unpaired) electrons. The van der Waals surface area contributed by atoms with Gasteiger partial charge in [-0.25, -0.2) is 14.8 Å². The van der Waals surface area contributed by atoms with Crippen LogP contribution in [0.2, 0.25) is 0 Å². The van der Waals surface area contributed by atoms with Crippen molar-refractivity contribution in [1.82, 2.24) is 14.9 Å². The smallest absolute Gasteiger partial charge is 0.410 e. The summed E-state index contributed by atoms with van der Waals surface area (Å²) in [6.45, 7) is 6.60. The minimum Gasteiger partial charge on any atom is -0.477 e. The van der Waals surface area contributed by atoms with Gasteiger partial charge in [-0.05, 0) is 52.2 Å². The van der Waals surface area contributed by atoms with E-state index in [1.54, 1.807) is 12.0 Å². The first-order valence-corrected chi connectivity index (χ1v) is 9.30. The lowest BCUT2D eigenvalue weighted by Crippen LogP contribution is -2.48. The minimum absolute atomic E-state index is 0.0634. The Hall–Kier alpha value is -2.57. The molecule has 146 valence electrons. The molecule has 2 heterocycles. The molecule has 0 N–H and O–H groups in total. The van der Waals surface area contributed by atoms with Crippen LogP contribution in [0.5, 0.6) is 11.8 Å². The van der Waals surface area contributed by atoms with Gasteiger partial charge in [0.1, 0.15) is 12.2 Å². The van der Waals surface area contributed by atoms with Crippen LogP contribution in [0.3, 0.4) is 0 Å². The molecule has 1 fully saturated rings. The number of methoxy groups -OCH3 is 1. The van der Waals surface area contributed by atoms with Crippen molar-refractivity contribution in [3.63, 3.8) is 0 Å². The van der Waals surface area contributed by atoms with Gasteiger partial charge in [0.2, 0.25) is 0 Å². The zero-order valence-corrected chi connectivity index (χ0v) is 16.4. The van der Waals surface area contributed by atoms with Crippen LogP contribution in [0, 0.1) is 0 Å². The summed E-state index contributed by atoms with van der Waals surface area (Å²) in [6, 6.07) is 7.49. The molecule has 3 rings (SSSR count). The van der Waals surface area contributed by atoms with E-state index in [9.17, 15) is 4.79 Å². The fourth-order valence-corrected chi connectivity index (χ4v) is 3.10. The predicted octanol–water partition coefficient (Wildman–Crippen LogP) is 3.81. The fraction of sp³-hybridized carbons (Fsp3) is 0.550. The second-order valence-electron chi connectivity index (χ2n) is 7.66. The molecule has 1 saturated heterocycles. The maximum atomic E-state index is 12.5. The maximum Gasteiger partial charge on any atom is 0.410 e. The van der Waals surface area contributed by atoms with Gasteiger partial charge in [0.25, 0.3) is 11.8 Å². The molecule has 1 aromatic heterocycles. The number of nitrogens with zero attached hydrogens (tertiary/aromatic N) is 3. The summed E-state index contributed by atoms with van der Waals surface area (Å²) in [5.74, 6) is 0.680. The number of fused-ring (bicyclic) bond motifs is 1. The molecule has 1 atom stereocenters. The van der Waals surface area contributed by atoms with E-state index in [0.717, 1.165) is 30.3 Å². The molecule has 0 bridgehead atoms. The molecule has 2 aromatic rings. The minimum atomic E-state index is -0.521. The number of piperidine rings is 1. The van der Waals surface area contributed by atoms with E-state index in [1.165, 1.54) is 0 Å². The zero-order valence-electron chi connectivity index (χ0n) is 16.4. The van der Waals surface area contributed by atoms with Crippen molar-refractivity contribution >= 4 is 17.1 Å². The highest BCUT2D eigenvalue weighted by molar-refractivity contribution is 5.75. The highest BCUT2D eigenvalue weighted by atomic mass is 16.6. The van der Waals surface area contributed by atoms with E-state index in [0.29, 0.717) is 24.9 Å². The number of amides is 1. The maximum absolute atomic E-state index is 12.5. The Kier molecular flexibility index (Phi) is 5.68. The third kappa shape index (κ3) is 4.78. The van der Waals surface area contributed by atoms with Crippen molar-refractivity contribution in [2.75, 3.05) is 20.3 Å². The molecular formula is C20H27N3O4. The summed E-state index contributed by atoms with van der Waals surface area (Å²) in [4.78, 5) is 23.2. The number of hydrogen-bond donors (Lipinski definition) is 0. The van der Waals surface area contributed by atoms with Crippen LogP contribution in [0.4, 0.5) is 4.79 Å². The first kappa shape index (κ1) is 19.2. The molecule has 0 spiro atoms. The van der Waals surface area contributed by atoms with Gasteiger partial charge in [-0.1, -0.05) is 12.1 Å². The van der Waals surface area contributed by atoms with Crippen LogP contribution in [0.1, 0.15) is 40.0 Å². The highest BCUT2D eigenvalue weighted by Gasteiger charge is 2.31. The standard InChI is InChI=1S/C20H27N3O4/c1-20(2,3)27-19(24)23-12-8-7-9-14(23)13-26-18-17(25-4)21-15-10-5-6-11-16(15)22-18/h5-6,10-11,14H,7-9,12-13H2,1-4H3. The van der Waals surface area contributed by atoms with Gasteiger partial charge in [-0.2, -0.15) is 0 Å². The molecule has 1 amide bonds. The number of likely N-dealkylation sites (tertiary alicyclic amines) is 1. The lowest BCUT2D eigenvalue weighted by Gasteiger charge is -2.36. The number of carbonyl (C=O) groups is 1. The number of ether oxygens (including phenoxy) is 3. The number of benzene rings is 1. The van der Waals surface area contributed by atoms with Crippen molar-refractivity contribution in [2.24, 2.45) is 0 Å². The molecule has 27 heavy (non-hydrogen) atoms. The molecule has 1 unspecified atom stereocenters. The summed E-state index contributed by atoms with van der Waals surface area (Å²) >= 11 is 0. The topological polar surface area (TPSA) is 73.8 Å². The van der Waals surface area contributed by atoms with E-state index in [4.69, 9.17) is 14.2 Å². The summed E-state index contributed by atoms with van der Waals surface area (Å²) in [6.07, 6.45) is 2.58. The van der Waals surface area contributed by atoms with E-state index >= 15 is 0 Å². The Morgan fingerprint density at radius 3 is 2.44 bits per heavy atom. The Morgan fingerprint density at radius 1 is 1.15 bits per heavy atom. The first-order chi connectivity index (χ1) is 12.9. The second-order valence-corrected chi connectivity index (χ2v) is 7.66. The molecular weight excluding hydrogens is 346 g/mol. The summed E-state index contributed by atoms with van der Waals surface area (Å²) < 4.78 is 16.8. The lowest BCUT2D eigenvalue weighted by molar-refractivity contribution is 0.00321. The number of aromatic nitrogens is 2. The molecule has 1 aliphatic rings. The van der Waals surface area contributed by atoms with Gasteiger partial charge in [-0.15, -0.1) is 0 Å². The van der Waals surface area contributed by atoms with Crippen molar-refractivity contribution in [2.45, 2.75) is 51.7 Å². The predicted molar refractivity (Wildman–Crippen MR) is 102 cm³/mol. The Labute approximate surface area is 159 Å². The number of rotatable bonds is 4. The largest absolute Gasteiger partial charge is 0.477 e. The third-order valence-electron chi connectivity index (χ3n) is 4.37. The molecule has 0 saturated carbocycles. The number of para-hydroxylation sites is 2. The SMILES string of the molecule is COc1nc2ccccc2nc1OCC1CCCCN1C(=O)OC(C)(C)C. The fourth-order valence-electron chi connectivity index (χ4n) is 3.10. The molecule has 7 heteroatoms. The monoisotopic (exact) mass is 373 g/mol. The summed E-state index contributed by atoms with van der Waals surface area (Å²) in [5.41, 5.74) is 0.961. The quantitative estimate of drug-likeness (QED) is 0.811. The number of hydrogen-bond acceptors (Lipinski definition) is 6. The van der Waals surface area contributed by atoms with Crippen LogP contribution in [0.25, 0.3) is 11.0 Å². The van der Waals surface area contributed by atoms with Crippen molar-refractivity contribution in [3.8, 4) is 11.8 Å². The van der Waals surface area contributed by atoms with Crippen molar-refractivity contribution in [3.05, 3.63) is 24.3 Å². The van der Waals surface area contributed by atoms with E-state index in [2.05, 4.69) is 9.97 Å². The zero-order chi connectivity index (χ0) is 19.4. The summed E-state index contributed by atoms with van der Waals surface area (Å²) in [5, 5.41) is 0. The Morgan fingerprint density at radius 2 is 1.81 bits per heavy atom. The van der Waals surface area contributed by atoms with Crippen molar-refractivity contribution in [1.29, 1.82) is 0 Å². The van der Waals surface area contributed by atoms with Crippen LogP contribution in [-0.4, -0.2) is 52.9 Å². The van der Waals surface area contributed by atoms with E-state index in [-0.39, 0.29) is 12.1 Å². The van der Waals surface area contributed by atoms with Gasteiger partial charge < -0.3 is 19.1 Å². The summed E-state index contributed by atoms with van der Waals surface area (Å²) in [7, 11) is 1.54. The Bertz CT molecular complexity index is 803. The van der Waals surface area contributed by atoms with Gasteiger partial charge in [0.15, 0.2) is 0 Å². The van der Waals surface area contributed by atoms with Crippen molar-refractivity contribution < 1.29 is 19.0 Å². The van der Waals surface area contributed by atoms with Gasteiger partial charge in [0, 0.05) is 6.54 Å². The number of carbonyl (C=O) groups excluding carboxylic acids is 1. The normalized spacial score (nSPS) is 17.6. The van der Waals surface area contributed by atoms with E-state index in [1.807, 2.05) is 45.0 Å². The van der Waals surface area contributed by atoms with Gasteiger partial charge >= 0.3 is 6.09 Å². The highest BCUT2D eigenvalue weighted by Crippen LogP contribution is 2.27. The van der Waals surface area contributed by atoms with Crippen LogP contribution >= 0.6 is 0 Å². The first-order valence-electron chi connectivity index (χ1n) is 9.30. The second kappa shape index (κ2) is 7.98. The lowest BCUT2D eigenvalue weighted by atomic mass is 10.0. The average Bonchev–Trinajstić information content (AvgIpc) is 2.64. The van der Waals surface area contributed by atoms with Crippen LogP contribution < -0.4 is 9.47 Å². The molecule has 1 aromatic carbocycles. The molecule has 7 nitrogen and oxygen atoms in total. The molecule has 0 aliphatic carbocycles. The molecule has 1 aliphatic heterocycles. The Balaban J connectivity index is 1.74. The van der Waals surface area contributed by atoms with Crippen LogP contribution in [-0.2, 0) is 4.74 Å². The average molecular weight is 373 g/mol. The van der Waals surface area contributed by atoms with Gasteiger partial charge in [0.05, 0.1) is 24.2 Å². The van der Waals surface area contributed by atoms with Crippen LogP contribution in [0.15, 0.2) is 24.3 Å². The van der Waals surface area contributed by atoms with E-state index < -0.39 is 5.60 Å². The van der Waals surface area contributed by atoms with Gasteiger partial charge in [-0.3, -0.25) is 0 Å². The third-order valence-corrected chi connectivity index (χ3v) is 4.37.